The summed E-state index contributed by atoms with van der Waals surface area (Å²) in [4.78, 5) is 21.4. The summed E-state index contributed by atoms with van der Waals surface area (Å²) in [5.74, 6) is -3.58. The van der Waals surface area contributed by atoms with E-state index in [9.17, 15) is 9.59 Å². The average Bonchev–Trinajstić information content (AvgIpc) is 2.03. The minimum Gasteiger partial charge on any atom is -1.00 e. The third-order valence-corrected chi connectivity index (χ3v) is 2.31. The minimum atomic E-state index is -1.06. The third-order valence-electron chi connectivity index (χ3n) is 2.31. The summed E-state index contributed by atoms with van der Waals surface area (Å²) in [5, 5.41) is 17.5. The standard InChI is InChI=1S/C9H12O4.Ca.2H/c1-5-2-3-6(8(10)11)7(4-5)9(12)13;;;/h2-3,5-7H,4H2,1H3,(H,10,11)(H,12,13);;;/q;+2;2*-1. The summed E-state index contributed by atoms with van der Waals surface area (Å²) in [5.41, 5.74) is 0. The van der Waals surface area contributed by atoms with Gasteiger partial charge >= 0.3 is 49.7 Å². The molecule has 0 aliphatic heterocycles. The fourth-order valence-corrected chi connectivity index (χ4v) is 1.58. The van der Waals surface area contributed by atoms with Gasteiger partial charge in [0, 0.05) is 0 Å². The van der Waals surface area contributed by atoms with E-state index in [1.165, 1.54) is 6.08 Å². The molecule has 0 fully saturated rings. The number of hydrogen-bond donors (Lipinski definition) is 2. The van der Waals surface area contributed by atoms with Crippen LogP contribution in [0.3, 0.4) is 0 Å². The molecule has 0 heterocycles. The van der Waals surface area contributed by atoms with Crippen LogP contribution in [-0.2, 0) is 9.59 Å². The van der Waals surface area contributed by atoms with E-state index in [1.807, 2.05) is 6.92 Å². The number of hydrogen-bond acceptors (Lipinski definition) is 2. The van der Waals surface area contributed by atoms with E-state index in [1.54, 1.807) is 6.08 Å². The molecular weight excluding hydrogens is 212 g/mol. The van der Waals surface area contributed by atoms with Gasteiger partial charge in [-0.05, 0) is 12.3 Å². The number of carboxylic acids is 2. The van der Waals surface area contributed by atoms with Crippen molar-refractivity contribution in [1.29, 1.82) is 0 Å². The van der Waals surface area contributed by atoms with Crippen molar-refractivity contribution in [2.24, 2.45) is 17.8 Å². The maximum absolute atomic E-state index is 10.7. The SMILES string of the molecule is CC1C=CC(C(=O)O)C(C(=O)O)C1.[Ca+2].[H-].[H-]. The molecule has 0 radical (unpaired) electrons. The van der Waals surface area contributed by atoms with Crippen molar-refractivity contribution in [1.82, 2.24) is 0 Å². The second-order valence-electron chi connectivity index (χ2n) is 3.41. The first-order valence-corrected chi connectivity index (χ1v) is 4.16. The Balaban J connectivity index is -0.000000563. The maximum Gasteiger partial charge on any atom is 2.00 e. The average molecular weight is 226 g/mol. The molecule has 0 amide bonds. The molecule has 1 rings (SSSR count). The van der Waals surface area contributed by atoms with E-state index >= 15 is 0 Å². The summed E-state index contributed by atoms with van der Waals surface area (Å²) < 4.78 is 0. The molecule has 3 atom stereocenters. The number of carboxylic acid groups (broad SMARTS) is 2. The van der Waals surface area contributed by atoms with E-state index in [0.29, 0.717) is 6.42 Å². The molecule has 2 N–H and O–H groups in total. The Kier molecular flexibility index (Phi) is 5.71. The fourth-order valence-electron chi connectivity index (χ4n) is 1.58. The van der Waals surface area contributed by atoms with Gasteiger partial charge in [-0.2, -0.15) is 0 Å². The number of rotatable bonds is 2. The summed E-state index contributed by atoms with van der Waals surface area (Å²) in [7, 11) is 0. The van der Waals surface area contributed by atoms with Crippen molar-refractivity contribution in [2.75, 3.05) is 0 Å². The predicted octanol–water partition coefficient (Wildman–Crippen LogP) is 0.828. The Hall–Kier alpha value is -0.0603. The number of aliphatic carboxylic acids is 2. The molecule has 0 bridgehead atoms. The van der Waals surface area contributed by atoms with Crippen LogP contribution in [-0.4, -0.2) is 59.9 Å². The smallest absolute Gasteiger partial charge is 1.00 e. The van der Waals surface area contributed by atoms with Crippen LogP contribution in [0.2, 0.25) is 0 Å². The monoisotopic (exact) mass is 226 g/mol. The molecule has 14 heavy (non-hydrogen) atoms. The molecule has 0 aromatic heterocycles. The van der Waals surface area contributed by atoms with Gasteiger partial charge in [0.05, 0.1) is 11.8 Å². The molecule has 0 saturated carbocycles. The topological polar surface area (TPSA) is 74.6 Å². The van der Waals surface area contributed by atoms with Gasteiger partial charge in [0.1, 0.15) is 0 Å². The summed E-state index contributed by atoms with van der Waals surface area (Å²) >= 11 is 0. The van der Waals surface area contributed by atoms with E-state index in [-0.39, 0.29) is 46.5 Å². The van der Waals surface area contributed by atoms with Crippen LogP contribution >= 0.6 is 0 Å². The Morgan fingerprint density at radius 1 is 1.29 bits per heavy atom. The van der Waals surface area contributed by atoms with E-state index in [4.69, 9.17) is 10.2 Å². The van der Waals surface area contributed by atoms with Gasteiger partial charge in [0.2, 0.25) is 0 Å². The van der Waals surface area contributed by atoms with Crippen LogP contribution in [0.4, 0.5) is 0 Å². The molecular formula is C9H14CaO4. The van der Waals surface area contributed by atoms with Crippen LogP contribution in [0, 0.1) is 17.8 Å². The predicted molar refractivity (Wildman–Crippen MR) is 53.2 cm³/mol. The van der Waals surface area contributed by atoms with Crippen LogP contribution in [0.25, 0.3) is 0 Å². The summed E-state index contributed by atoms with van der Waals surface area (Å²) in [6.45, 7) is 1.88. The van der Waals surface area contributed by atoms with Crippen LogP contribution in [0.1, 0.15) is 16.2 Å². The van der Waals surface area contributed by atoms with Gasteiger partial charge in [0.15, 0.2) is 0 Å². The van der Waals surface area contributed by atoms with Gasteiger partial charge in [-0.15, -0.1) is 0 Å². The first-order valence-electron chi connectivity index (χ1n) is 4.16. The molecule has 0 aromatic carbocycles. The van der Waals surface area contributed by atoms with Gasteiger partial charge in [-0.25, -0.2) is 0 Å². The molecule has 1 aliphatic carbocycles. The van der Waals surface area contributed by atoms with Crippen LogP contribution in [0.15, 0.2) is 12.2 Å². The fraction of sp³-hybridized carbons (Fsp3) is 0.556. The molecule has 4 nitrogen and oxygen atoms in total. The van der Waals surface area contributed by atoms with Crippen molar-refractivity contribution < 1.29 is 22.7 Å². The Morgan fingerprint density at radius 3 is 2.29 bits per heavy atom. The van der Waals surface area contributed by atoms with Crippen LogP contribution < -0.4 is 0 Å². The Morgan fingerprint density at radius 2 is 1.86 bits per heavy atom. The van der Waals surface area contributed by atoms with Gasteiger partial charge in [0.25, 0.3) is 0 Å². The van der Waals surface area contributed by atoms with E-state index in [0.717, 1.165) is 0 Å². The van der Waals surface area contributed by atoms with Crippen LogP contribution in [0.5, 0.6) is 0 Å². The first-order chi connectivity index (χ1) is 6.02. The van der Waals surface area contributed by atoms with Crippen molar-refractivity contribution in [3.63, 3.8) is 0 Å². The zero-order valence-corrected chi connectivity index (χ0v) is 10.2. The molecule has 0 aromatic rings. The molecule has 3 unspecified atom stereocenters. The van der Waals surface area contributed by atoms with E-state index < -0.39 is 23.8 Å². The van der Waals surface area contributed by atoms with Gasteiger partial charge in [-0.3, -0.25) is 9.59 Å². The Labute approximate surface area is 115 Å². The maximum atomic E-state index is 10.7. The van der Waals surface area contributed by atoms with Crippen molar-refractivity contribution in [3.05, 3.63) is 12.2 Å². The summed E-state index contributed by atoms with van der Waals surface area (Å²) in [6.07, 6.45) is 3.65. The van der Waals surface area contributed by atoms with E-state index in [2.05, 4.69) is 0 Å². The second kappa shape index (κ2) is 5.73. The number of carbonyl (C=O) groups is 2. The van der Waals surface area contributed by atoms with Crippen molar-refractivity contribution in [2.45, 2.75) is 13.3 Å². The molecule has 76 valence electrons. The summed E-state index contributed by atoms with van der Waals surface area (Å²) in [6, 6.07) is 0. The first kappa shape index (κ1) is 13.9. The zero-order chi connectivity index (χ0) is 10.0. The minimum absolute atomic E-state index is 0. The zero-order valence-electron chi connectivity index (χ0n) is 10.0. The quantitative estimate of drug-likeness (QED) is 0.540. The van der Waals surface area contributed by atoms with Gasteiger partial charge < -0.3 is 13.1 Å². The molecule has 5 heteroatoms. The molecule has 0 spiro atoms. The van der Waals surface area contributed by atoms with Crippen molar-refractivity contribution >= 4 is 49.7 Å². The Bertz CT molecular complexity index is 270. The largest absolute Gasteiger partial charge is 2.00 e. The van der Waals surface area contributed by atoms with Gasteiger partial charge in [-0.1, -0.05) is 19.1 Å². The second-order valence-corrected chi connectivity index (χ2v) is 3.41. The molecule has 1 aliphatic rings. The normalized spacial score (nSPS) is 30.5. The van der Waals surface area contributed by atoms with Crippen molar-refractivity contribution in [3.8, 4) is 0 Å². The third kappa shape index (κ3) is 3.26. The molecule has 0 saturated heterocycles. The number of allylic oxidation sites excluding steroid dienone is 1.